The maximum atomic E-state index is 3.89. The van der Waals surface area contributed by atoms with Crippen LogP contribution in [0.5, 0.6) is 0 Å². The largest absolute Gasteiger partial charge is 0.308 e. The fourth-order valence-corrected chi connectivity index (χ4v) is 4.12. The average molecular weight is 236 g/mol. The lowest BCUT2D eigenvalue weighted by atomic mass is 9.91. The predicted octanol–water partition coefficient (Wildman–Crippen LogP) is 2.78. The molecule has 0 aromatic rings. The van der Waals surface area contributed by atoms with Crippen LogP contribution in [0, 0.1) is 5.41 Å². The van der Waals surface area contributed by atoms with Gasteiger partial charge in [0.1, 0.15) is 0 Å². The molecule has 3 fully saturated rings. The number of rotatable bonds is 2. The van der Waals surface area contributed by atoms with Crippen LogP contribution in [-0.4, -0.2) is 35.6 Å². The van der Waals surface area contributed by atoms with Crippen molar-refractivity contribution in [1.82, 2.24) is 10.2 Å². The minimum atomic E-state index is 0.490. The summed E-state index contributed by atoms with van der Waals surface area (Å²) in [5.74, 6) is 0. The second-order valence-electron chi connectivity index (χ2n) is 7.31. The zero-order valence-electron chi connectivity index (χ0n) is 11.8. The number of piperazine rings is 1. The van der Waals surface area contributed by atoms with Gasteiger partial charge in [0.05, 0.1) is 0 Å². The Balaban J connectivity index is 1.73. The number of nitrogens with zero attached hydrogens (tertiary/aromatic N) is 1. The lowest BCUT2D eigenvalue weighted by Gasteiger charge is -2.47. The van der Waals surface area contributed by atoms with Gasteiger partial charge < -0.3 is 5.32 Å². The van der Waals surface area contributed by atoms with Crippen molar-refractivity contribution in [2.75, 3.05) is 13.1 Å². The van der Waals surface area contributed by atoms with Gasteiger partial charge in [0.25, 0.3) is 0 Å². The molecule has 0 aromatic carbocycles. The Morgan fingerprint density at radius 1 is 1.24 bits per heavy atom. The molecule has 0 bridgehead atoms. The highest BCUT2D eigenvalue weighted by molar-refractivity contribution is 5.10. The first-order valence-electron chi connectivity index (χ1n) is 7.57. The highest BCUT2D eigenvalue weighted by Crippen LogP contribution is 2.51. The van der Waals surface area contributed by atoms with Gasteiger partial charge in [0, 0.05) is 30.7 Å². The monoisotopic (exact) mass is 236 g/mol. The Bertz CT molecular complexity index is 289. The van der Waals surface area contributed by atoms with Gasteiger partial charge in [0.2, 0.25) is 0 Å². The van der Waals surface area contributed by atoms with Crippen molar-refractivity contribution < 1.29 is 0 Å². The number of nitrogens with one attached hydrogen (secondary N) is 1. The molecular formula is C15H28N2. The van der Waals surface area contributed by atoms with Crippen molar-refractivity contribution in [2.45, 2.75) is 76.9 Å². The summed E-state index contributed by atoms with van der Waals surface area (Å²) in [7, 11) is 0. The quantitative estimate of drug-likeness (QED) is 0.793. The van der Waals surface area contributed by atoms with Crippen LogP contribution in [0.2, 0.25) is 0 Å². The molecule has 2 saturated carbocycles. The fourth-order valence-electron chi connectivity index (χ4n) is 4.12. The average Bonchev–Trinajstić information content (AvgIpc) is 2.72. The van der Waals surface area contributed by atoms with Crippen LogP contribution in [-0.2, 0) is 0 Å². The van der Waals surface area contributed by atoms with E-state index in [1.807, 2.05) is 0 Å². The summed E-state index contributed by atoms with van der Waals surface area (Å²) in [5, 5.41) is 3.89. The molecule has 1 spiro atoms. The summed E-state index contributed by atoms with van der Waals surface area (Å²) in [6, 6.07) is 1.65. The zero-order valence-corrected chi connectivity index (χ0v) is 11.8. The molecule has 2 nitrogen and oxygen atoms in total. The van der Waals surface area contributed by atoms with E-state index in [2.05, 4.69) is 31.0 Å². The third-order valence-electron chi connectivity index (χ3n) is 5.56. The molecule has 2 unspecified atom stereocenters. The standard InChI is InChI=1S/C15H28N2/c1-4-12-10-16-15(7-5-6-8-15)11-17(12)13-9-14(13,2)3/h12-13,16H,4-11H2,1-3H3. The van der Waals surface area contributed by atoms with Crippen molar-refractivity contribution in [3.05, 3.63) is 0 Å². The molecule has 1 N–H and O–H groups in total. The lowest BCUT2D eigenvalue weighted by Crippen LogP contribution is -2.63. The Morgan fingerprint density at radius 2 is 1.88 bits per heavy atom. The summed E-state index contributed by atoms with van der Waals surface area (Å²) < 4.78 is 0. The summed E-state index contributed by atoms with van der Waals surface area (Å²) in [6.45, 7) is 9.77. The Labute approximate surface area is 106 Å². The SMILES string of the molecule is CCC1CNC2(CCCC2)CN1C1CC1(C)C. The molecule has 0 radical (unpaired) electrons. The van der Waals surface area contributed by atoms with E-state index >= 15 is 0 Å². The van der Waals surface area contributed by atoms with Crippen molar-refractivity contribution in [3.8, 4) is 0 Å². The molecule has 2 heteroatoms. The van der Waals surface area contributed by atoms with Gasteiger partial charge in [0.15, 0.2) is 0 Å². The molecule has 1 saturated heterocycles. The third kappa shape index (κ3) is 2.04. The summed E-state index contributed by atoms with van der Waals surface area (Å²) in [6.07, 6.45) is 8.41. The maximum absolute atomic E-state index is 3.89. The van der Waals surface area contributed by atoms with Crippen LogP contribution in [0.3, 0.4) is 0 Å². The van der Waals surface area contributed by atoms with E-state index in [1.165, 1.54) is 51.6 Å². The molecule has 2 aliphatic carbocycles. The summed E-state index contributed by atoms with van der Waals surface area (Å²) >= 11 is 0. The smallest absolute Gasteiger partial charge is 0.0309 e. The van der Waals surface area contributed by atoms with E-state index in [0.29, 0.717) is 11.0 Å². The Kier molecular flexibility index (Phi) is 2.79. The second-order valence-corrected chi connectivity index (χ2v) is 7.31. The Morgan fingerprint density at radius 3 is 2.41 bits per heavy atom. The molecule has 17 heavy (non-hydrogen) atoms. The van der Waals surface area contributed by atoms with Crippen molar-refractivity contribution in [2.24, 2.45) is 5.41 Å². The molecule has 3 rings (SSSR count). The van der Waals surface area contributed by atoms with Crippen molar-refractivity contribution >= 4 is 0 Å². The zero-order chi connectivity index (χ0) is 12.1. The van der Waals surface area contributed by atoms with Gasteiger partial charge in [-0.2, -0.15) is 0 Å². The van der Waals surface area contributed by atoms with Crippen LogP contribution in [0.1, 0.15) is 59.3 Å². The summed E-state index contributed by atoms with van der Waals surface area (Å²) in [4.78, 5) is 2.86. The number of hydrogen-bond acceptors (Lipinski definition) is 2. The lowest BCUT2D eigenvalue weighted by molar-refractivity contribution is 0.0615. The molecule has 98 valence electrons. The Hall–Kier alpha value is -0.0800. The topological polar surface area (TPSA) is 15.3 Å². The molecule has 1 aliphatic heterocycles. The van der Waals surface area contributed by atoms with Crippen molar-refractivity contribution in [1.29, 1.82) is 0 Å². The molecule has 0 amide bonds. The second kappa shape index (κ2) is 3.96. The van der Waals surface area contributed by atoms with Gasteiger partial charge >= 0.3 is 0 Å². The molecule has 2 atom stereocenters. The van der Waals surface area contributed by atoms with E-state index in [0.717, 1.165) is 12.1 Å². The summed E-state index contributed by atoms with van der Waals surface area (Å²) in [5.41, 5.74) is 1.08. The van der Waals surface area contributed by atoms with E-state index < -0.39 is 0 Å². The number of hydrogen-bond donors (Lipinski definition) is 1. The van der Waals surface area contributed by atoms with E-state index in [1.54, 1.807) is 0 Å². The van der Waals surface area contributed by atoms with Crippen LogP contribution in [0.25, 0.3) is 0 Å². The highest BCUT2D eigenvalue weighted by atomic mass is 15.3. The first kappa shape index (κ1) is 12.0. The first-order valence-corrected chi connectivity index (χ1v) is 7.57. The van der Waals surface area contributed by atoms with Gasteiger partial charge in [-0.05, 0) is 31.1 Å². The van der Waals surface area contributed by atoms with Gasteiger partial charge in [-0.3, -0.25) is 4.90 Å². The highest BCUT2D eigenvalue weighted by Gasteiger charge is 2.54. The van der Waals surface area contributed by atoms with Crippen LogP contribution < -0.4 is 5.32 Å². The normalized spacial score (nSPS) is 39.7. The van der Waals surface area contributed by atoms with E-state index in [4.69, 9.17) is 0 Å². The molecule has 1 heterocycles. The molecular weight excluding hydrogens is 208 g/mol. The maximum Gasteiger partial charge on any atom is 0.0309 e. The van der Waals surface area contributed by atoms with Gasteiger partial charge in [-0.25, -0.2) is 0 Å². The molecule has 3 aliphatic rings. The fraction of sp³-hybridized carbons (Fsp3) is 1.00. The minimum absolute atomic E-state index is 0.490. The molecule has 0 aromatic heterocycles. The van der Waals surface area contributed by atoms with E-state index in [-0.39, 0.29) is 0 Å². The van der Waals surface area contributed by atoms with Gasteiger partial charge in [-0.15, -0.1) is 0 Å². The predicted molar refractivity (Wildman–Crippen MR) is 72.2 cm³/mol. The van der Waals surface area contributed by atoms with Crippen molar-refractivity contribution in [3.63, 3.8) is 0 Å². The van der Waals surface area contributed by atoms with Gasteiger partial charge in [-0.1, -0.05) is 33.6 Å². The van der Waals surface area contributed by atoms with E-state index in [9.17, 15) is 0 Å². The van der Waals surface area contributed by atoms with Crippen LogP contribution >= 0.6 is 0 Å². The van der Waals surface area contributed by atoms with Crippen LogP contribution in [0.15, 0.2) is 0 Å². The van der Waals surface area contributed by atoms with Crippen LogP contribution in [0.4, 0.5) is 0 Å². The first-order chi connectivity index (χ1) is 8.06. The minimum Gasteiger partial charge on any atom is -0.308 e. The third-order valence-corrected chi connectivity index (χ3v) is 5.56.